The highest BCUT2D eigenvalue weighted by Gasteiger charge is 2.40. The predicted molar refractivity (Wildman–Crippen MR) is 100 cm³/mol. The summed E-state index contributed by atoms with van der Waals surface area (Å²) in [6.45, 7) is 1.56. The number of nitrogens with zero attached hydrogens (tertiary/aromatic N) is 6. The van der Waals surface area contributed by atoms with E-state index in [1.54, 1.807) is 12.1 Å². The van der Waals surface area contributed by atoms with Crippen molar-refractivity contribution in [1.29, 1.82) is 0 Å². The van der Waals surface area contributed by atoms with Crippen LogP contribution in [0.4, 0.5) is 18.0 Å². The van der Waals surface area contributed by atoms with Crippen LogP contribution in [-0.4, -0.2) is 60.6 Å². The van der Waals surface area contributed by atoms with Gasteiger partial charge >= 0.3 is 12.2 Å². The van der Waals surface area contributed by atoms with Gasteiger partial charge in [-0.15, -0.1) is 10.2 Å². The van der Waals surface area contributed by atoms with Gasteiger partial charge in [-0.25, -0.2) is 14.8 Å². The second kappa shape index (κ2) is 7.29. The quantitative estimate of drug-likeness (QED) is 0.754. The normalized spacial score (nSPS) is 19.3. The minimum atomic E-state index is -4.54. The minimum Gasteiger partial charge on any atom is -0.305 e. The van der Waals surface area contributed by atoms with Gasteiger partial charge in [0.2, 0.25) is 11.7 Å². The van der Waals surface area contributed by atoms with E-state index in [0.717, 1.165) is 15.7 Å². The Kier molecular flexibility index (Phi) is 4.65. The summed E-state index contributed by atoms with van der Waals surface area (Å²) in [5, 5.41) is 11.7. The number of imide groups is 1. The van der Waals surface area contributed by atoms with E-state index in [-0.39, 0.29) is 50.2 Å². The van der Waals surface area contributed by atoms with Gasteiger partial charge in [0.25, 0.3) is 5.91 Å². The van der Waals surface area contributed by atoms with Crippen LogP contribution in [0, 0.1) is 0 Å². The fraction of sp³-hybridized carbons (Fsp3) is 0.421. The van der Waals surface area contributed by atoms with Crippen LogP contribution in [0.1, 0.15) is 39.6 Å². The van der Waals surface area contributed by atoms with Gasteiger partial charge in [-0.1, -0.05) is 12.1 Å². The first-order valence-corrected chi connectivity index (χ1v) is 9.97. The lowest BCUT2D eigenvalue weighted by Crippen LogP contribution is -2.56. The van der Waals surface area contributed by atoms with Crippen molar-refractivity contribution >= 4 is 17.8 Å². The first-order valence-electron chi connectivity index (χ1n) is 9.97. The van der Waals surface area contributed by atoms with Crippen LogP contribution in [0.5, 0.6) is 0 Å². The molecule has 1 aromatic carbocycles. The van der Waals surface area contributed by atoms with Crippen molar-refractivity contribution in [3.8, 4) is 0 Å². The molecule has 0 bridgehead atoms. The monoisotopic (exact) mass is 449 g/mol. The lowest BCUT2D eigenvalue weighted by molar-refractivity contribution is -0.148. The molecule has 0 unspecified atom stereocenters. The number of hydrogen-bond acceptors (Lipinski definition) is 6. The Balaban J connectivity index is 1.28. The Morgan fingerprint density at radius 2 is 1.81 bits per heavy atom. The third-order valence-corrected chi connectivity index (χ3v) is 5.77. The SMILES string of the molecule is O=C1CCN(N2Cc3cc(CN4CCn5c(nnc5C(F)(F)F)C4)ccc3C2=O)C(=O)N1. The maximum atomic E-state index is 13.0. The topological polar surface area (TPSA) is 104 Å². The van der Waals surface area contributed by atoms with Gasteiger partial charge in [-0.2, -0.15) is 13.2 Å². The van der Waals surface area contributed by atoms with Crippen molar-refractivity contribution in [2.75, 3.05) is 13.1 Å². The molecule has 168 valence electrons. The molecule has 0 saturated carbocycles. The maximum Gasteiger partial charge on any atom is 0.451 e. The van der Waals surface area contributed by atoms with E-state index < -0.39 is 18.0 Å². The van der Waals surface area contributed by atoms with Crippen molar-refractivity contribution in [3.63, 3.8) is 0 Å². The zero-order valence-electron chi connectivity index (χ0n) is 16.7. The molecule has 4 amide bonds. The van der Waals surface area contributed by atoms with Crippen molar-refractivity contribution < 1.29 is 27.6 Å². The molecule has 13 heteroatoms. The highest BCUT2D eigenvalue weighted by atomic mass is 19.4. The molecule has 32 heavy (non-hydrogen) atoms. The van der Waals surface area contributed by atoms with Crippen molar-refractivity contribution in [2.24, 2.45) is 0 Å². The molecular weight excluding hydrogens is 431 g/mol. The Morgan fingerprint density at radius 1 is 1.00 bits per heavy atom. The molecule has 3 aliphatic heterocycles. The lowest BCUT2D eigenvalue weighted by atomic mass is 10.1. The first kappa shape index (κ1) is 20.4. The third kappa shape index (κ3) is 3.47. The standard InChI is InChI=1S/C19H18F3N7O3/c20-19(21,22)17-25-24-14-10-26(5-6-27(14)17)8-11-1-2-13-12(7-11)9-29(16(13)31)28-4-3-15(30)23-18(28)32/h1-2,7H,3-6,8-10H2,(H,23,30,32). The molecule has 10 nitrogen and oxygen atoms in total. The van der Waals surface area contributed by atoms with E-state index in [1.807, 2.05) is 11.0 Å². The van der Waals surface area contributed by atoms with Crippen LogP contribution < -0.4 is 5.32 Å². The molecule has 5 rings (SSSR count). The minimum absolute atomic E-state index is 0.118. The number of carbonyl (C=O) groups is 3. The number of urea groups is 1. The number of benzene rings is 1. The maximum absolute atomic E-state index is 13.0. The number of hydrazine groups is 1. The van der Waals surface area contributed by atoms with Crippen molar-refractivity contribution in [1.82, 2.24) is 35.0 Å². The molecule has 2 aromatic rings. The number of carbonyl (C=O) groups excluding carboxylic acids is 3. The Bertz CT molecular complexity index is 1130. The molecular formula is C19H18F3N7O3. The molecule has 1 aromatic heterocycles. The number of fused-ring (bicyclic) bond motifs is 2. The summed E-state index contributed by atoms with van der Waals surface area (Å²) in [5.74, 6) is -1.41. The number of aromatic nitrogens is 3. The second-order valence-corrected chi connectivity index (χ2v) is 7.88. The molecule has 1 fully saturated rings. The Labute approximate surface area is 179 Å². The number of halogens is 3. The lowest BCUT2D eigenvalue weighted by Gasteiger charge is -2.33. The van der Waals surface area contributed by atoms with E-state index >= 15 is 0 Å². The molecule has 0 atom stereocenters. The van der Waals surface area contributed by atoms with Gasteiger partial charge in [0.1, 0.15) is 5.82 Å². The van der Waals surface area contributed by atoms with E-state index in [9.17, 15) is 27.6 Å². The summed E-state index contributed by atoms with van der Waals surface area (Å²) >= 11 is 0. The van der Waals surface area contributed by atoms with Gasteiger partial charge in [0, 0.05) is 31.6 Å². The van der Waals surface area contributed by atoms with E-state index in [0.29, 0.717) is 18.7 Å². The molecule has 4 heterocycles. The van der Waals surface area contributed by atoms with Crippen LogP contribution in [0.15, 0.2) is 18.2 Å². The molecule has 0 aliphatic carbocycles. The smallest absolute Gasteiger partial charge is 0.305 e. The van der Waals surface area contributed by atoms with Crippen LogP contribution in [0.2, 0.25) is 0 Å². The van der Waals surface area contributed by atoms with E-state index in [2.05, 4.69) is 15.5 Å². The highest BCUT2D eigenvalue weighted by molar-refractivity contribution is 6.01. The number of rotatable bonds is 3. The van der Waals surface area contributed by atoms with Crippen LogP contribution >= 0.6 is 0 Å². The first-order chi connectivity index (χ1) is 15.2. The fourth-order valence-corrected chi connectivity index (χ4v) is 4.25. The molecule has 1 N–H and O–H groups in total. The summed E-state index contributed by atoms with van der Waals surface area (Å²) < 4.78 is 40.1. The number of nitrogens with one attached hydrogen (secondary N) is 1. The van der Waals surface area contributed by atoms with Gasteiger partial charge in [0.15, 0.2) is 0 Å². The average Bonchev–Trinajstić information content (AvgIpc) is 3.29. The molecule has 0 spiro atoms. The van der Waals surface area contributed by atoms with Gasteiger partial charge in [0.05, 0.1) is 19.6 Å². The van der Waals surface area contributed by atoms with E-state index in [1.165, 1.54) is 10.0 Å². The molecule has 3 aliphatic rings. The fourth-order valence-electron chi connectivity index (χ4n) is 4.25. The van der Waals surface area contributed by atoms with Crippen molar-refractivity contribution in [3.05, 3.63) is 46.5 Å². The second-order valence-electron chi connectivity index (χ2n) is 7.88. The van der Waals surface area contributed by atoms with Crippen molar-refractivity contribution in [2.45, 2.75) is 38.8 Å². The number of amides is 4. The average molecular weight is 449 g/mol. The van der Waals surface area contributed by atoms with Crippen LogP contribution in [-0.2, 0) is 37.1 Å². The summed E-state index contributed by atoms with van der Waals surface area (Å²) in [6.07, 6.45) is -4.42. The van der Waals surface area contributed by atoms with Crippen LogP contribution in [0.3, 0.4) is 0 Å². The largest absolute Gasteiger partial charge is 0.451 e. The zero-order chi connectivity index (χ0) is 22.6. The van der Waals surface area contributed by atoms with Gasteiger partial charge in [-0.3, -0.25) is 19.8 Å². The Hall–Kier alpha value is -3.48. The van der Waals surface area contributed by atoms with Gasteiger partial charge in [-0.05, 0) is 17.2 Å². The number of hydrogen-bond donors (Lipinski definition) is 1. The van der Waals surface area contributed by atoms with E-state index in [4.69, 9.17) is 0 Å². The summed E-state index contributed by atoms with van der Waals surface area (Å²) in [5.41, 5.74) is 2.11. The summed E-state index contributed by atoms with van der Waals surface area (Å²) in [4.78, 5) is 38.2. The highest BCUT2D eigenvalue weighted by Crippen LogP contribution is 2.30. The predicted octanol–water partition coefficient (Wildman–Crippen LogP) is 1.13. The van der Waals surface area contributed by atoms with Gasteiger partial charge < -0.3 is 4.57 Å². The summed E-state index contributed by atoms with van der Waals surface area (Å²) in [6, 6.07) is 4.72. The number of alkyl halides is 3. The molecule has 0 radical (unpaired) electrons. The summed E-state index contributed by atoms with van der Waals surface area (Å²) in [7, 11) is 0. The van der Waals surface area contributed by atoms with Crippen LogP contribution in [0.25, 0.3) is 0 Å². The Morgan fingerprint density at radius 3 is 2.56 bits per heavy atom. The third-order valence-electron chi connectivity index (χ3n) is 5.77. The molecule has 1 saturated heterocycles. The zero-order valence-corrected chi connectivity index (χ0v) is 16.7.